The first-order chi connectivity index (χ1) is 9.06. The molecule has 0 saturated heterocycles. The minimum Gasteiger partial charge on any atom is -0.478 e. The maximum atomic E-state index is 11.1. The van der Waals surface area contributed by atoms with Crippen molar-refractivity contribution < 1.29 is 19.4 Å². The molecule has 1 aliphatic rings. The number of ether oxygens (including phenoxy) is 1. The van der Waals surface area contributed by atoms with Crippen molar-refractivity contribution in [1.82, 2.24) is 0 Å². The lowest BCUT2D eigenvalue weighted by atomic mass is 10.1. The van der Waals surface area contributed by atoms with Gasteiger partial charge in [0.05, 0.1) is 0 Å². The molecule has 1 aromatic rings. The van der Waals surface area contributed by atoms with Crippen molar-refractivity contribution in [3.63, 3.8) is 0 Å². The molecule has 1 fully saturated rings. The summed E-state index contributed by atoms with van der Waals surface area (Å²) in [6, 6.07) is 7.30. The van der Waals surface area contributed by atoms with Crippen LogP contribution in [-0.2, 0) is 16.0 Å². The Morgan fingerprint density at radius 1 is 1.32 bits per heavy atom. The van der Waals surface area contributed by atoms with Crippen molar-refractivity contribution in [3.8, 4) is 5.75 Å². The first kappa shape index (κ1) is 13.6. The van der Waals surface area contributed by atoms with Crippen LogP contribution in [0.15, 0.2) is 24.3 Å². The molecule has 1 saturated carbocycles. The molecule has 2 rings (SSSR count). The number of ketones is 1. The molecule has 1 aromatic carbocycles. The van der Waals surface area contributed by atoms with Gasteiger partial charge in [0.2, 0.25) is 0 Å². The van der Waals surface area contributed by atoms with Gasteiger partial charge >= 0.3 is 5.97 Å². The van der Waals surface area contributed by atoms with E-state index in [4.69, 9.17) is 9.84 Å². The summed E-state index contributed by atoms with van der Waals surface area (Å²) in [4.78, 5) is 22.0. The van der Waals surface area contributed by atoms with E-state index in [9.17, 15) is 9.59 Å². The quantitative estimate of drug-likeness (QED) is 0.819. The first-order valence-electron chi connectivity index (χ1n) is 6.54. The normalized spacial score (nSPS) is 15.8. The standard InChI is InChI=1S/C15H18O4/c1-10(16)2-3-11-4-8-13(9-5-11)19-14(15(17)18)12-6-7-12/h4-5,8-9,12,14H,2-3,6-7H2,1H3,(H,17,18). The summed E-state index contributed by atoms with van der Waals surface area (Å²) in [6.07, 6.45) is 2.35. The Balaban J connectivity index is 1.93. The number of hydrogen-bond acceptors (Lipinski definition) is 3. The Kier molecular flexibility index (Phi) is 4.20. The largest absolute Gasteiger partial charge is 0.478 e. The summed E-state index contributed by atoms with van der Waals surface area (Å²) in [5, 5.41) is 9.08. The Labute approximate surface area is 112 Å². The zero-order chi connectivity index (χ0) is 13.8. The van der Waals surface area contributed by atoms with Crippen LogP contribution in [-0.4, -0.2) is 23.0 Å². The number of benzene rings is 1. The van der Waals surface area contributed by atoms with Crippen molar-refractivity contribution in [2.45, 2.75) is 38.7 Å². The van der Waals surface area contributed by atoms with Gasteiger partial charge < -0.3 is 14.6 Å². The predicted octanol–water partition coefficient (Wildman–Crippen LogP) is 2.45. The van der Waals surface area contributed by atoms with E-state index in [0.29, 0.717) is 18.6 Å². The summed E-state index contributed by atoms with van der Waals surface area (Å²) >= 11 is 0. The van der Waals surface area contributed by atoms with Gasteiger partial charge in [-0.3, -0.25) is 0 Å². The summed E-state index contributed by atoms with van der Waals surface area (Å²) in [6.45, 7) is 1.57. The lowest BCUT2D eigenvalue weighted by molar-refractivity contribution is -0.146. The molecule has 1 unspecified atom stereocenters. The molecule has 1 N–H and O–H groups in total. The number of carboxylic acids is 1. The molecule has 0 aromatic heterocycles. The van der Waals surface area contributed by atoms with Gasteiger partial charge in [-0.2, -0.15) is 0 Å². The summed E-state index contributed by atoms with van der Waals surface area (Å²) in [5.41, 5.74) is 1.06. The molecular formula is C15H18O4. The maximum absolute atomic E-state index is 11.1. The van der Waals surface area contributed by atoms with Gasteiger partial charge in [0.25, 0.3) is 0 Å². The fourth-order valence-corrected chi connectivity index (χ4v) is 1.95. The highest BCUT2D eigenvalue weighted by atomic mass is 16.5. The average Bonchev–Trinajstić information content (AvgIpc) is 3.18. The molecule has 4 nitrogen and oxygen atoms in total. The van der Waals surface area contributed by atoms with E-state index < -0.39 is 12.1 Å². The second-order valence-corrected chi connectivity index (χ2v) is 5.06. The lowest BCUT2D eigenvalue weighted by Crippen LogP contribution is -2.29. The molecule has 1 atom stereocenters. The van der Waals surface area contributed by atoms with Gasteiger partial charge in [-0.25, -0.2) is 4.79 Å². The van der Waals surface area contributed by atoms with E-state index in [1.807, 2.05) is 12.1 Å². The van der Waals surface area contributed by atoms with E-state index in [1.54, 1.807) is 19.1 Å². The number of rotatable bonds is 7. The van der Waals surface area contributed by atoms with Gasteiger partial charge in [0, 0.05) is 12.3 Å². The fraction of sp³-hybridized carbons (Fsp3) is 0.467. The number of aliphatic carboxylic acids is 1. The minimum absolute atomic E-state index is 0.148. The fourth-order valence-electron chi connectivity index (χ4n) is 1.95. The van der Waals surface area contributed by atoms with E-state index in [-0.39, 0.29) is 11.7 Å². The topological polar surface area (TPSA) is 63.6 Å². The zero-order valence-corrected chi connectivity index (χ0v) is 11.0. The van der Waals surface area contributed by atoms with Gasteiger partial charge in [0.15, 0.2) is 6.10 Å². The van der Waals surface area contributed by atoms with Crippen LogP contribution in [0, 0.1) is 5.92 Å². The summed E-state index contributed by atoms with van der Waals surface area (Å²) in [7, 11) is 0. The van der Waals surface area contributed by atoms with Crippen molar-refractivity contribution >= 4 is 11.8 Å². The van der Waals surface area contributed by atoms with Crippen LogP contribution in [0.3, 0.4) is 0 Å². The molecule has 0 bridgehead atoms. The second kappa shape index (κ2) is 5.87. The predicted molar refractivity (Wildman–Crippen MR) is 70.2 cm³/mol. The third-order valence-corrected chi connectivity index (χ3v) is 3.25. The number of carbonyl (C=O) groups excluding carboxylic acids is 1. The highest BCUT2D eigenvalue weighted by molar-refractivity contribution is 5.75. The molecule has 0 amide bonds. The maximum Gasteiger partial charge on any atom is 0.345 e. The molecule has 0 aliphatic heterocycles. The number of carboxylic acid groups (broad SMARTS) is 1. The third-order valence-electron chi connectivity index (χ3n) is 3.25. The van der Waals surface area contributed by atoms with Crippen LogP contribution in [0.4, 0.5) is 0 Å². The van der Waals surface area contributed by atoms with Crippen molar-refractivity contribution in [1.29, 1.82) is 0 Å². The highest BCUT2D eigenvalue weighted by Crippen LogP contribution is 2.35. The Morgan fingerprint density at radius 2 is 1.95 bits per heavy atom. The summed E-state index contributed by atoms with van der Waals surface area (Å²) < 4.78 is 5.51. The van der Waals surface area contributed by atoms with E-state index in [1.165, 1.54) is 0 Å². The van der Waals surface area contributed by atoms with Crippen LogP contribution < -0.4 is 4.74 Å². The van der Waals surface area contributed by atoms with E-state index >= 15 is 0 Å². The summed E-state index contributed by atoms with van der Waals surface area (Å²) in [5.74, 6) is -0.0103. The molecule has 0 radical (unpaired) electrons. The van der Waals surface area contributed by atoms with Crippen LogP contribution >= 0.6 is 0 Å². The third kappa shape index (κ3) is 4.09. The van der Waals surface area contributed by atoms with Crippen LogP contribution in [0.25, 0.3) is 0 Å². The molecule has 19 heavy (non-hydrogen) atoms. The monoisotopic (exact) mass is 262 g/mol. The number of hydrogen-bond donors (Lipinski definition) is 1. The molecule has 0 spiro atoms. The van der Waals surface area contributed by atoms with Crippen molar-refractivity contribution in [2.24, 2.45) is 5.92 Å². The molecule has 1 aliphatic carbocycles. The number of carbonyl (C=O) groups is 2. The van der Waals surface area contributed by atoms with Gasteiger partial charge in [-0.05, 0) is 43.9 Å². The molecule has 102 valence electrons. The minimum atomic E-state index is -0.900. The van der Waals surface area contributed by atoms with Crippen molar-refractivity contribution in [2.75, 3.05) is 0 Å². The smallest absolute Gasteiger partial charge is 0.345 e. The second-order valence-electron chi connectivity index (χ2n) is 5.06. The number of aryl methyl sites for hydroxylation is 1. The Morgan fingerprint density at radius 3 is 2.42 bits per heavy atom. The highest BCUT2D eigenvalue weighted by Gasteiger charge is 2.38. The van der Waals surface area contributed by atoms with Crippen molar-refractivity contribution in [3.05, 3.63) is 29.8 Å². The van der Waals surface area contributed by atoms with Crippen LogP contribution in [0.5, 0.6) is 5.75 Å². The Hall–Kier alpha value is -1.84. The van der Waals surface area contributed by atoms with Crippen LogP contribution in [0.2, 0.25) is 0 Å². The first-order valence-corrected chi connectivity index (χ1v) is 6.54. The van der Waals surface area contributed by atoms with Gasteiger partial charge in [-0.1, -0.05) is 12.1 Å². The molecule has 4 heteroatoms. The average molecular weight is 262 g/mol. The van der Waals surface area contributed by atoms with Gasteiger partial charge in [0.1, 0.15) is 11.5 Å². The SMILES string of the molecule is CC(=O)CCc1ccc(OC(C(=O)O)C2CC2)cc1. The molecular weight excluding hydrogens is 244 g/mol. The Bertz CT molecular complexity index is 460. The number of Topliss-reactive ketones (excluding diaryl/α,β-unsaturated/α-hetero) is 1. The van der Waals surface area contributed by atoms with Gasteiger partial charge in [-0.15, -0.1) is 0 Å². The van der Waals surface area contributed by atoms with E-state index in [0.717, 1.165) is 18.4 Å². The van der Waals surface area contributed by atoms with Crippen LogP contribution in [0.1, 0.15) is 31.7 Å². The zero-order valence-electron chi connectivity index (χ0n) is 11.0. The molecule has 0 heterocycles. The lowest BCUT2D eigenvalue weighted by Gasteiger charge is -2.14. The van der Waals surface area contributed by atoms with E-state index in [2.05, 4.69) is 0 Å².